The number of ether oxygens (including phenoxy) is 1. The van der Waals surface area contributed by atoms with E-state index in [0.717, 1.165) is 36.6 Å². The molecule has 1 heterocycles. The second-order valence-electron chi connectivity index (χ2n) is 4.45. The Morgan fingerprint density at radius 3 is 3.05 bits per heavy atom. The highest BCUT2D eigenvalue weighted by molar-refractivity contribution is 7.99. The van der Waals surface area contributed by atoms with Crippen LogP contribution >= 0.6 is 11.8 Å². The van der Waals surface area contributed by atoms with Crippen molar-refractivity contribution in [3.63, 3.8) is 0 Å². The first-order chi connectivity index (χ1) is 9.22. The Balaban J connectivity index is 2.22. The van der Waals surface area contributed by atoms with Crippen LogP contribution in [0, 0.1) is 0 Å². The van der Waals surface area contributed by atoms with Crippen LogP contribution in [0.15, 0.2) is 18.2 Å². The lowest BCUT2D eigenvalue weighted by Gasteiger charge is -2.24. The average Bonchev–Trinajstić information content (AvgIpc) is 2.68. The van der Waals surface area contributed by atoms with Crippen LogP contribution in [0.3, 0.4) is 0 Å². The van der Waals surface area contributed by atoms with Gasteiger partial charge in [0.25, 0.3) is 0 Å². The molecule has 1 aromatic rings. The third-order valence-electron chi connectivity index (χ3n) is 3.10. The van der Waals surface area contributed by atoms with Gasteiger partial charge in [-0.1, -0.05) is 0 Å². The summed E-state index contributed by atoms with van der Waals surface area (Å²) >= 11 is 1.96. The summed E-state index contributed by atoms with van der Waals surface area (Å²) in [6.45, 7) is 4.16. The third kappa shape index (κ3) is 3.56. The van der Waals surface area contributed by atoms with Crippen LogP contribution < -0.4 is 10.6 Å². The molecule has 0 aromatic heterocycles. The van der Waals surface area contributed by atoms with Gasteiger partial charge in [0.1, 0.15) is 0 Å². The first kappa shape index (κ1) is 14.1. The molecule has 0 bridgehead atoms. The van der Waals surface area contributed by atoms with Crippen molar-refractivity contribution < 1.29 is 9.53 Å². The molecule has 0 aliphatic carbocycles. The first-order valence-corrected chi connectivity index (χ1v) is 7.77. The molecule has 0 spiro atoms. The highest BCUT2D eigenvalue weighted by atomic mass is 32.2. The minimum absolute atomic E-state index is 0.284. The van der Waals surface area contributed by atoms with Crippen molar-refractivity contribution in [3.05, 3.63) is 23.8 Å². The average molecular weight is 280 g/mol. The van der Waals surface area contributed by atoms with E-state index in [2.05, 4.69) is 4.90 Å². The van der Waals surface area contributed by atoms with Gasteiger partial charge in [-0.3, -0.25) is 0 Å². The number of esters is 1. The maximum absolute atomic E-state index is 11.8. The Bertz CT molecular complexity index is 443. The number of rotatable bonds is 3. The summed E-state index contributed by atoms with van der Waals surface area (Å²) in [5.41, 5.74) is 8.29. The maximum atomic E-state index is 11.8. The molecule has 104 valence electrons. The van der Waals surface area contributed by atoms with Gasteiger partial charge in [-0.25, -0.2) is 4.79 Å². The molecule has 1 fully saturated rings. The predicted octanol–water partition coefficient (Wildman–Crippen LogP) is 2.39. The molecule has 4 nitrogen and oxygen atoms in total. The van der Waals surface area contributed by atoms with Gasteiger partial charge in [-0.05, 0) is 37.3 Å². The Labute approximate surface area is 118 Å². The lowest BCUT2D eigenvalue weighted by atomic mass is 10.1. The van der Waals surface area contributed by atoms with Crippen molar-refractivity contribution in [1.82, 2.24) is 0 Å². The zero-order valence-corrected chi connectivity index (χ0v) is 12.0. The van der Waals surface area contributed by atoms with Gasteiger partial charge in [-0.2, -0.15) is 11.8 Å². The molecular weight excluding hydrogens is 260 g/mol. The van der Waals surface area contributed by atoms with E-state index in [0.29, 0.717) is 12.2 Å². The number of nitrogens with zero attached hydrogens (tertiary/aromatic N) is 1. The van der Waals surface area contributed by atoms with Gasteiger partial charge in [0, 0.05) is 18.8 Å². The van der Waals surface area contributed by atoms with Crippen molar-refractivity contribution in [3.8, 4) is 0 Å². The van der Waals surface area contributed by atoms with Gasteiger partial charge in [-0.15, -0.1) is 0 Å². The summed E-state index contributed by atoms with van der Waals surface area (Å²) in [5, 5.41) is 0. The summed E-state index contributed by atoms with van der Waals surface area (Å²) in [7, 11) is 0. The van der Waals surface area contributed by atoms with E-state index < -0.39 is 0 Å². The van der Waals surface area contributed by atoms with E-state index >= 15 is 0 Å². The lowest BCUT2D eigenvalue weighted by Crippen LogP contribution is -2.26. The van der Waals surface area contributed by atoms with Crippen LogP contribution in [0.2, 0.25) is 0 Å². The Morgan fingerprint density at radius 1 is 1.42 bits per heavy atom. The number of nitrogen functional groups attached to an aromatic ring is 1. The highest BCUT2D eigenvalue weighted by Gasteiger charge is 2.15. The zero-order valence-electron chi connectivity index (χ0n) is 11.2. The molecule has 1 aromatic carbocycles. The monoisotopic (exact) mass is 280 g/mol. The molecule has 0 amide bonds. The number of thioether (sulfide) groups is 1. The summed E-state index contributed by atoms with van der Waals surface area (Å²) in [4.78, 5) is 14.0. The van der Waals surface area contributed by atoms with E-state index in [1.165, 1.54) is 5.75 Å². The second kappa shape index (κ2) is 6.70. The molecule has 1 aliphatic rings. The Morgan fingerprint density at radius 2 is 2.26 bits per heavy atom. The van der Waals surface area contributed by atoms with E-state index in [4.69, 9.17) is 10.5 Å². The van der Waals surface area contributed by atoms with E-state index in [9.17, 15) is 4.79 Å². The van der Waals surface area contributed by atoms with Gasteiger partial charge < -0.3 is 15.4 Å². The fraction of sp³-hybridized carbons (Fsp3) is 0.500. The van der Waals surface area contributed by atoms with Crippen molar-refractivity contribution in [2.75, 3.05) is 41.8 Å². The minimum atomic E-state index is -0.284. The highest BCUT2D eigenvalue weighted by Crippen LogP contribution is 2.27. The van der Waals surface area contributed by atoms with Gasteiger partial charge in [0.2, 0.25) is 0 Å². The summed E-state index contributed by atoms with van der Waals surface area (Å²) in [6, 6.07) is 5.37. The number of hydrogen-bond acceptors (Lipinski definition) is 5. The summed E-state index contributed by atoms with van der Waals surface area (Å²) < 4.78 is 5.03. The van der Waals surface area contributed by atoms with Crippen LogP contribution in [-0.2, 0) is 4.74 Å². The fourth-order valence-corrected chi connectivity index (χ4v) is 3.03. The largest absolute Gasteiger partial charge is 0.462 e. The molecule has 0 radical (unpaired) electrons. The van der Waals surface area contributed by atoms with Crippen molar-refractivity contribution >= 4 is 29.1 Å². The van der Waals surface area contributed by atoms with Crippen molar-refractivity contribution in [2.24, 2.45) is 0 Å². The number of hydrogen-bond donors (Lipinski definition) is 1. The van der Waals surface area contributed by atoms with Gasteiger partial charge in [0.15, 0.2) is 0 Å². The Hall–Kier alpha value is -1.36. The molecule has 1 aliphatic heterocycles. The van der Waals surface area contributed by atoms with E-state index in [1.54, 1.807) is 12.1 Å². The first-order valence-electron chi connectivity index (χ1n) is 6.61. The van der Waals surface area contributed by atoms with Crippen molar-refractivity contribution in [2.45, 2.75) is 13.3 Å². The van der Waals surface area contributed by atoms with Crippen LogP contribution in [0.4, 0.5) is 11.4 Å². The molecule has 1 saturated heterocycles. The topological polar surface area (TPSA) is 55.6 Å². The number of carbonyl (C=O) groups is 1. The van der Waals surface area contributed by atoms with Crippen molar-refractivity contribution in [1.29, 1.82) is 0 Å². The third-order valence-corrected chi connectivity index (χ3v) is 4.15. The molecule has 19 heavy (non-hydrogen) atoms. The normalized spacial score (nSPS) is 15.9. The molecular formula is C14H20N2O2S. The van der Waals surface area contributed by atoms with Crippen LogP contribution in [-0.4, -0.2) is 37.2 Å². The quantitative estimate of drug-likeness (QED) is 0.680. The number of carbonyl (C=O) groups excluding carboxylic acids is 1. The molecule has 2 rings (SSSR count). The Kier molecular flexibility index (Phi) is 4.96. The standard InChI is InChI=1S/C14H20N2O2S/c1-2-18-14(17)11-4-5-12(15)13(10-11)16-6-3-8-19-9-7-16/h4-5,10H,2-3,6-9,15H2,1H3. The number of anilines is 2. The maximum Gasteiger partial charge on any atom is 0.338 e. The summed E-state index contributed by atoms with van der Waals surface area (Å²) in [5.74, 6) is 2.00. The molecule has 2 N–H and O–H groups in total. The SMILES string of the molecule is CCOC(=O)c1ccc(N)c(N2CCCSCC2)c1. The smallest absolute Gasteiger partial charge is 0.338 e. The van der Waals surface area contributed by atoms with Gasteiger partial charge in [0.05, 0.1) is 23.5 Å². The second-order valence-corrected chi connectivity index (χ2v) is 5.67. The molecule has 5 heteroatoms. The minimum Gasteiger partial charge on any atom is -0.462 e. The zero-order chi connectivity index (χ0) is 13.7. The molecule has 0 atom stereocenters. The summed E-state index contributed by atoms with van der Waals surface area (Å²) in [6.07, 6.45) is 1.15. The predicted molar refractivity (Wildman–Crippen MR) is 81.0 cm³/mol. The van der Waals surface area contributed by atoms with E-state index in [1.807, 2.05) is 24.8 Å². The lowest BCUT2D eigenvalue weighted by molar-refractivity contribution is 0.0526. The van der Waals surface area contributed by atoms with Crippen LogP contribution in [0.1, 0.15) is 23.7 Å². The van der Waals surface area contributed by atoms with Gasteiger partial charge >= 0.3 is 5.97 Å². The van der Waals surface area contributed by atoms with E-state index in [-0.39, 0.29) is 5.97 Å². The number of benzene rings is 1. The number of nitrogens with two attached hydrogens (primary N) is 1. The molecule has 0 unspecified atom stereocenters. The van der Waals surface area contributed by atoms with Crippen LogP contribution in [0.5, 0.6) is 0 Å². The fourth-order valence-electron chi connectivity index (χ4n) is 2.15. The molecule has 0 saturated carbocycles. The van der Waals surface area contributed by atoms with Crippen LogP contribution in [0.25, 0.3) is 0 Å².